The Labute approximate surface area is 128 Å². The fourth-order valence-electron chi connectivity index (χ4n) is 2.14. The van der Waals surface area contributed by atoms with Crippen molar-refractivity contribution in [2.45, 2.75) is 25.8 Å². The summed E-state index contributed by atoms with van der Waals surface area (Å²) in [5.41, 5.74) is 7.87. The number of nitrogens with two attached hydrogens (primary N) is 1. The summed E-state index contributed by atoms with van der Waals surface area (Å²) in [5, 5.41) is 18.4. The van der Waals surface area contributed by atoms with Crippen molar-refractivity contribution in [1.29, 1.82) is 0 Å². The molecule has 0 fully saturated rings. The number of oxime groups is 1. The number of hydrogen-bond donors (Lipinski definition) is 3. The van der Waals surface area contributed by atoms with Crippen LogP contribution in [0.15, 0.2) is 40.9 Å². The average Bonchev–Trinajstić information content (AvgIpc) is 2.92. The maximum absolute atomic E-state index is 8.76. The highest BCUT2D eigenvalue weighted by molar-refractivity contribution is 7.09. The highest BCUT2D eigenvalue weighted by Crippen LogP contribution is 2.16. The highest BCUT2D eigenvalue weighted by atomic mass is 32.1. The molecule has 1 unspecified atom stereocenters. The van der Waals surface area contributed by atoms with Crippen molar-refractivity contribution < 1.29 is 5.21 Å². The molecule has 6 heteroatoms. The zero-order valence-corrected chi connectivity index (χ0v) is 12.8. The second-order valence-corrected chi connectivity index (χ2v) is 5.88. The third-order valence-electron chi connectivity index (χ3n) is 3.18. The highest BCUT2D eigenvalue weighted by Gasteiger charge is 2.13. The van der Waals surface area contributed by atoms with Gasteiger partial charge in [-0.1, -0.05) is 35.5 Å². The van der Waals surface area contributed by atoms with Crippen LogP contribution < -0.4 is 11.1 Å². The van der Waals surface area contributed by atoms with Crippen LogP contribution in [0.1, 0.15) is 28.7 Å². The predicted molar refractivity (Wildman–Crippen MR) is 85.8 cm³/mol. The van der Waals surface area contributed by atoms with Crippen LogP contribution in [0.3, 0.4) is 0 Å². The molecule has 5 nitrogen and oxygen atoms in total. The van der Waals surface area contributed by atoms with Gasteiger partial charge >= 0.3 is 0 Å². The smallest absolute Gasteiger partial charge is 0.141 e. The van der Waals surface area contributed by atoms with Gasteiger partial charge in [0.1, 0.15) is 5.84 Å². The summed E-state index contributed by atoms with van der Waals surface area (Å²) in [6.45, 7) is 2.80. The van der Waals surface area contributed by atoms with Crippen LogP contribution >= 0.6 is 11.3 Å². The maximum Gasteiger partial charge on any atom is 0.141 e. The number of thiazole rings is 1. The van der Waals surface area contributed by atoms with E-state index in [2.05, 4.69) is 20.8 Å². The third-order valence-corrected chi connectivity index (χ3v) is 4.00. The zero-order chi connectivity index (χ0) is 15.1. The SMILES string of the molecule is Cc1nc(CCNC(C/C(N)=N/O)c2ccccc2)cs1. The van der Waals surface area contributed by atoms with Crippen LogP contribution in [0.5, 0.6) is 0 Å². The lowest BCUT2D eigenvalue weighted by Crippen LogP contribution is -2.28. The van der Waals surface area contributed by atoms with Crippen molar-refractivity contribution in [3.8, 4) is 0 Å². The van der Waals surface area contributed by atoms with Crippen LogP contribution in [-0.2, 0) is 6.42 Å². The minimum Gasteiger partial charge on any atom is -0.409 e. The van der Waals surface area contributed by atoms with E-state index in [1.807, 2.05) is 37.3 Å². The molecule has 0 aliphatic heterocycles. The lowest BCUT2D eigenvalue weighted by Gasteiger charge is -2.18. The van der Waals surface area contributed by atoms with E-state index in [0.717, 1.165) is 29.2 Å². The lowest BCUT2D eigenvalue weighted by molar-refractivity contribution is 0.315. The molecule has 2 aromatic rings. The Morgan fingerprint density at radius 3 is 2.81 bits per heavy atom. The molecule has 0 amide bonds. The summed E-state index contributed by atoms with van der Waals surface area (Å²) in [4.78, 5) is 4.45. The maximum atomic E-state index is 8.76. The number of nitrogens with zero attached hydrogens (tertiary/aromatic N) is 2. The van der Waals surface area contributed by atoms with Gasteiger partial charge in [0.05, 0.1) is 10.7 Å². The molecule has 1 atom stereocenters. The van der Waals surface area contributed by atoms with E-state index in [4.69, 9.17) is 10.9 Å². The van der Waals surface area contributed by atoms with Crippen molar-refractivity contribution in [1.82, 2.24) is 10.3 Å². The molecule has 21 heavy (non-hydrogen) atoms. The van der Waals surface area contributed by atoms with Crippen molar-refractivity contribution in [2.75, 3.05) is 6.54 Å². The molecule has 0 saturated heterocycles. The van der Waals surface area contributed by atoms with E-state index >= 15 is 0 Å². The fraction of sp³-hybridized carbons (Fsp3) is 0.333. The molecule has 1 aromatic heterocycles. The Balaban J connectivity index is 1.96. The van der Waals surface area contributed by atoms with Crippen molar-refractivity contribution >= 4 is 17.2 Å². The summed E-state index contributed by atoms with van der Waals surface area (Å²) in [6, 6.07) is 10.1. The predicted octanol–water partition coefficient (Wildman–Crippen LogP) is 2.46. The van der Waals surface area contributed by atoms with Gasteiger partial charge < -0.3 is 16.3 Å². The van der Waals surface area contributed by atoms with E-state index in [1.165, 1.54) is 0 Å². The molecule has 0 radical (unpaired) electrons. The number of aromatic nitrogens is 1. The number of rotatable bonds is 7. The van der Waals surface area contributed by atoms with E-state index in [1.54, 1.807) is 11.3 Å². The number of amidine groups is 1. The van der Waals surface area contributed by atoms with Gasteiger partial charge in [-0.25, -0.2) is 4.98 Å². The molecule has 0 aliphatic rings. The molecule has 1 aromatic carbocycles. The average molecular weight is 304 g/mol. The molecule has 0 bridgehead atoms. The van der Waals surface area contributed by atoms with E-state index in [0.29, 0.717) is 6.42 Å². The third kappa shape index (κ3) is 4.84. The Morgan fingerprint density at radius 2 is 2.19 bits per heavy atom. The van der Waals surface area contributed by atoms with Crippen LogP contribution in [0, 0.1) is 6.92 Å². The lowest BCUT2D eigenvalue weighted by atomic mass is 10.0. The van der Waals surface area contributed by atoms with Crippen LogP contribution in [0.25, 0.3) is 0 Å². The topological polar surface area (TPSA) is 83.5 Å². The van der Waals surface area contributed by atoms with E-state index in [-0.39, 0.29) is 11.9 Å². The number of nitrogens with one attached hydrogen (secondary N) is 1. The first kappa shape index (κ1) is 15.5. The molecule has 0 aliphatic carbocycles. The van der Waals surface area contributed by atoms with Crippen molar-refractivity contribution in [3.63, 3.8) is 0 Å². The number of aryl methyl sites for hydroxylation is 1. The first-order valence-electron chi connectivity index (χ1n) is 6.84. The molecule has 112 valence electrons. The van der Waals surface area contributed by atoms with Gasteiger partial charge in [0.2, 0.25) is 0 Å². The second kappa shape index (κ2) is 7.75. The first-order chi connectivity index (χ1) is 10.2. The van der Waals surface area contributed by atoms with E-state index in [9.17, 15) is 0 Å². The van der Waals surface area contributed by atoms with Gasteiger partial charge in [0, 0.05) is 30.8 Å². The van der Waals surface area contributed by atoms with Gasteiger partial charge in [-0.2, -0.15) is 0 Å². The molecule has 2 rings (SSSR count). The molecule has 0 spiro atoms. The van der Waals surface area contributed by atoms with Gasteiger partial charge in [0.15, 0.2) is 0 Å². The Bertz CT molecular complexity index is 582. The zero-order valence-electron chi connectivity index (χ0n) is 12.0. The van der Waals surface area contributed by atoms with Gasteiger partial charge in [-0.05, 0) is 12.5 Å². The normalized spacial score (nSPS) is 13.3. The number of hydrogen-bond acceptors (Lipinski definition) is 5. The number of benzene rings is 1. The minimum absolute atomic E-state index is 0.0295. The van der Waals surface area contributed by atoms with Gasteiger partial charge in [-0.3, -0.25) is 0 Å². The summed E-state index contributed by atoms with van der Waals surface area (Å²) >= 11 is 1.66. The largest absolute Gasteiger partial charge is 0.409 e. The fourth-order valence-corrected chi connectivity index (χ4v) is 2.79. The summed E-state index contributed by atoms with van der Waals surface area (Å²) in [7, 11) is 0. The molecule has 1 heterocycles. The Kier molecular flexibility index (Phi) is 5.71. The van der Waals surface area contributed by atoms with E-state index < -0.39 is 0 Å². The van der Waals surface area contributed by atoms with Crippen molar-refractivity contribution in [3.05, 3.63) is 52.0 Å². The molecule has 4 N–H and O–H groups in total. The van der Waals surface area contributed by atoms with Crippen LogP contribution in [-0.4, -0.2) is 22.6 Å². The van der Waals surface area contributed by atoms with Gasteiger partial charge in [0.25, 0.3) is 0 Å². The quantitative estimate of drug-likeness (QED) is 0.317. The van der Waals surface area contributed by atoms with Crippen LogP contribution in [0.4, 0.5) is 0 Å². The standard InChI is InChI=1S/C15H20N4OS/c1-11-18-13(10-21-11)7-8-17-14(9-15(16)19-20)12-5-3-2-4-6-12/h2-6,10,14,17,20H,7-9H2,1H3,(H2,16,19). The minimum atomic E-state index is 0.0295. The summed E-state index contributed by atoms with van der Waals surface area (Å²) in [6.07, 6.45) is 1.33. The molecular weight excluding hydrogens is 284 g/mol. The second-order valence-electron chi connectivity index (χ2n) is 4.82. The van der Waals surface area contributed by atoms with Crippen LogP contribution in [0.2, 0.25) is 0 Å². The van der Waals surface area contributed by atoms with Gasteiger partial charge in [-0.15, -0.1) is 11.3 Å². The summed E-state index contributed by atoms with van der Waals surface area (Å²) < 4.78 is 0. The monoisotopic (exact) mass is 304 g/mol. The molecular formula is C15H20N4OS. The first-order valence-corrected chi connectivity index (χ1v) is 7.72. The molecule has 0 saturated carbocycles. The Hall–Kier alpha value is -1.92. The van der Waals surface area contributed by atoms with Crippen molar-refractivity contribution in [2.24, 2.45) is 10.9 Å². The summed E-state index contributed by atoms with van der Waals surface area (Å²) in [5.74, 6) is 0.223. The Morgan fingerprint density at radius 1 is 1.43 bits per heavy atom.